The summed E-state index contributed by atoms with van der Waals surface area (Å²) in [5, 5.41) is 5.49. The Hall–Kier alpha value is -2.60. The first kappa shape index (κ1) is 19.7. The molecule has 0 heterocycles. The fraction of sp³-hybridized carbons (Fsp3) is 0.250. The molecule has 0 radical (unpaired) electrons. The molecule has 0 atom stereocenters. The Morgan fingerprint density at radius 2 is 1.50 bits per heavy atom. The number of hydrogen-bond donors (Lipinski definition) is 2. The van der Waals surface area contributed by atoms with E-state index in [1.807, 2.05) is 32.0 Å². The molecule has 0 saturated heterocycles. The predicted molar refractivity (Wildman–Crippen MR) is 107 cm³/mol. The minimum Gasteiger partial charge on any atom is -0.326 e. The minimum absolute atomic E-state index is 0.0524. The van der Waals surface area contributed by atoms with E-state index in [1.165, 1.54) is 24.2 Å². The standard InChI is InChI=1S/C20H22N2O3S/c1-13-4-7-18(10-14(13)2)22-20(25)12-26-11-19(24)16-5-8-17(9-6-16)21-15(3)23/h4-10H,11-12H2,1-3H3,(H,21,23)(H,22,25). The molecule has 0 aliphatic carbocycles. The summed E-state index contributed by atoms with van der Waals surface area (Å²) in [4.78, 5) is 35.1. The number of ketones is 1. The van der Waals surface area contributed by atoms with Gasteiger partial charge in [0.15, 0.2) is 5.78 Å². The molecular formula is C20H22N2O3S. The Balaban J connectivity index is 1.79. The second-order valence-electron chi connectivity index (χ2n) is 6.02. The average molecular weight is 370 g/mol. The summed E-state index contributed by atoms with van der Waals surface area (Å²) < 4.78 is 0. The number of carbonyl (C=O) groups excluding carboxylic acids is 3. The zero-order valence-electron chi connectivity index (χ0n) is 15.1. The third-order valence-electron chi connectivity index (χ3n) is 3.78. The molecule has 2 rings (SSSR count). The molecule has 0 bridgehead atoms. The van der Waals surface area contributed by atoms with E-state index in [4.69, 9.17) is 0 Å². The number of amides is 2. The average Bonchev–Trinajstić information content (AvgIpc) is 2.58. The maximum absolute atomic E-state index is 12.2. The van der Waals surface area contributed by atoms with Gasteiger partial charge in [0.05, 0.1) is 11.5 Å². The van der Waals surface area contributed by atoms with Crippen LogP contribution >= 0.6 is 11.8 Å². The van der Waals surface area contributed by atoms with Crippen LogP contribution in [0.1, 0.15) is 28.4 Å². The second-order valence-corrected chi connectivity index (χ2v) is 7.01. The molecule has 0 aliphatic heterocycles. The lowest BCUT2D eigenvalue weighted by atomic mass is 10.1. The highest BCUT2D eigenvalue weighted by atomic mass is 32.2. The lowest BCUT2D eigenvalue weighted by molar-refractivity contribution is -0.114. The van der Waals surface area contributed by atoms with E-state index in [2.05, 4.69) is 10.6 Å². The molecule has 2 aromatic carbocycles. The SMILES string of the molecule is CC(=O)Nc1ccc(C(=O)CSCC(=O)Nc2ccc(C)c(C)c2)cc1. The maximum Gasteiger partial charge on any atom is 0.234 e. The number of thioether (sulfide) groups is 1. The smallest absolute Gasteiger partial charge is 0.234 e. The quantitative estimate of drug-likeness (QED) is 0.727. The van der Waals surface area contributed by atoms with Crippen molar-refractivity contribution in [3.8, 4) is 0 Å². The third-order valence-corrected chi connectivity index (χ3v) is 4.72. The molecule has 2 aromatic rings. The molecule has 136 valence electrons. The number of anilines is 2. The van der Waals surface area contributed by atoms with Gasteiger partial charge in [-0.05, 0) is 61.4 Å². The van der Waals surface area contributed by atoms with Crippen LogP contribution in [0.2, 0.25) is 0 Å². The van der Waals surface area contributed by atoms with Gasteiger partial charge in [-0.1, -0.05) is 6.07 Å². The Labute approximate surface area is 157 Å². The zero-order chi connectivity index (χ0) is 19.1. The molecule has 6 heteroatoms. The van der Waals surface area contributed by atoms with E-state index < -0.39 is 0 Å². The van der Waals surface area contributed by atoms with Crippen molar-refractivity contribution in [3.63, 3.8) is 0 Å². The molecule has 0 fully saturated rings. The monoisotopic (exact) mass is 370 g/mol. The van der Waals surface area contributed by atoms with Gasteiger partial charge in [0, 0.05) is 23.9 Å². The van der Waals surface area contributed by atoms with E-state index >= 15 is 0 Å². The summed E-state index contributed by atoms with van der Waals surface area (Å²) in [5.41, 5.74) is 4.26. The van der Waals surface area contributed by atoms with Crippen molar-refractivity contribution in [2.45, 2.75) is 20.8 Å². The maximum atomic E-state index is 12.2. The van der Waals surface area contributed by atoms with Crippen molar-refractivity contribution >= 4 is 40.7 Å². The number of benzene rings is 2. The lowest BCUT2D eigenvalue weighted by Gasteiger charge is -2.08. The van der Waals surface area contributed by atoms with E-state index in [0.717, 1.165) is 11.3 Å². The molecule has 0 aliphatic rings. The van der Waals surface area contributed by atoms with Crippen molar-refractivity contribution in [1.82, 2.24) is 0 Å². The van der Waals surface area contributed by atoms with Crippen molar-refractivity contribution in [2.24, 2.45) is 0 Å². The van der Waals surface area contributed by atoms with Crippen LogP contribution in [0.3, 0.4) is 0 Å². The van der Waals surface area contributed by atoms with Crippen LogP contribution in [0, 0.1) is 13.8 Å². The van der Waals surface area contributed by atoms with E-state index in [9.17, 15) is 14.4 Å². The predicted octanol–water partition coefficient (Wildman–Crippen LogP) is 3.82. The van der Waals surface area contributed by atoms with Gasteiger partial charge in [0.1, 0.15) is 0 Å². The zero-order valence-corrected chi connectivity index (χ0v) is 15.9. The fourth-order valence-electron chi connectivity index (χ4n) is 2.28. The number of rotatable bonds is 7. The third kappa shape index (κ3) is 6.04. The summed E-state index contributed by atoms with van der Waals surface area (Å²) in [5.74, 6) is 0.0903. The van der Waals surface area contributed by atoms with Crippen LogP contribution in [-0.2, 0) is 9.59 Å². The molecule has 0 saturated carbocycles. The number of carbonyl (C=O) groups is 3. The van der Waals surface area contributed by atoms with E-state index in [-0.39, 0.29) is 29.1 Å². The molecule has 2 N–H and O–H groups in total. The van der Waals surface area contributed by atoms with Gasteiger partial charge in [0.2, 0.25) is 11.8 Å². The van der Waals surface area contributed by atoms with Gasteiger partial charge < -0.3 is 10.6 Å². The Morgan fingerprint density at radius 1 is 0.846 bits per heavy atom. The van der Waals surface area contributed by atoms with Crippen LogP contribution in [-0.4, -0.2) is 29.1 Å². The van der Waals surface area contributed by atoms with Gasteiger partial charge in [-0.15, -0.1) is 11.8 Å². The van der Waals surface area contributed by atoms with Crippen LogP contribution in [0.5, 0.6) is 0 Å². The molecular weight excluding hydrogens is 348 g/mol. The van der Waals surface area contributed by atoms with Crippen molar-refractivity contribution in [2.75, 3.05) is 22.1 Å². The first-order chi connectivity index (χ1) is 12.3. The number of Topliss-reactive ketones (excluding diaryl/α,β-unsaturated/α-hetero) is 1. The Bertz CT molecular complexity index is 816. The van der Waals surface area contributed by atoms with Crippen LogP contribution in [0.15, 0.2) is 42.5 Å². The molecule has 0 unspecified atom stereocenters. The topological polar surface area (TPSA) is 75.3 Å². The van der Waals surface area contributed by atoms with Crippen molar-refractivity contribution in [3.05, 3.63) is 59.2 Å². The highest BCUT2D eigenvalue weighted by Crippen LogP contribution is 2.15. The summed E-state index contributed by atoms with van der Waals surface area (Å²) in [6, 6.07) is 12.5. The van der Waals surface area contributed by atoms with Gasteiger partial charge >= 0.3 is 0 Å². The van der Waals surface area contributed by atoms with Crippen LogP contribution < -0.4 is 10.6 Å². The van der Waals surface area contributed by atoms with Gasteiger partial charge in [-0.2, -0.15) is 0 Å². The minimum atomic E-state index is -0.158. The lowest BCUT2D eigenvalue weighted by Crippen LogP contribution is -2.15. The van der Waals surface area contributed by atoms with Gasteiger partial charge in [-0.25, -0.2) is 0 Å². The number of hydrogen-bond acceptors (Lipinski definition) is 4. The Kier molecular flexibility index (Phi) is 6.97. The van der Waals surface area contributed by atoms with Crippen molar-refractivity contribution < 1.29 is 14.4 Å². The summed E-state index contributed by atoms with van der Waals surface area (Å²) in [6.45, 7) is 5.44. The largest absolute Gasteiger partial charge is 0.326 e. The molecule has 0 aromatic heterocycles. The first-order valence-corrected chi connectivity index (χ1v) is 9.36. The highest BCUT2D eigenvalue weighted by Gasteiger charge is 2.09. The Morgan fingerprint density at radius 3 is 2.12 bits per heavy atom. The summed E-state index contributed by atoms with van der Waals surface area (Å²) >= 11 is 1.27. The van der Waals surface area contributed by atoms with Gasteiger partial charge in [-0.3, -0.25) is 14.4 Å². The van der Waals surface area contributed by atoms with Gasteiger partial charge in [0.25, 0.3) is 0 Å². The molecule has 5 nitrogen and oxygen atoms in total. The molecule has 2 amide bonds. The van der Waals surface area contributed by atoms with Crippen molar-refractivity contribution in [1.29, 1.82) is 0 Å². The number of aryl methyl sites for hydroxylation is 2. The van der Waals surface area contributed by atoms with E-state index in [1.54, 1.807) is 24.3 Å². The van der Waals surface area contributed by atoms with E-state index in [0.29, 0.717) is 11.3 Å². The summed E-state index contributed by atoms with van der Waals surface area (Å²) in [7, 11) is 0. The summed E-state index contributed by atoms with van der Waals surface area (Å²) in [6.07, 6.45) is 0. The second kappa shape index (κ2) is 9.20. The fourth-order valence-corrected chi connectivity index (χ4v) is 2.99. The van der Waals surface area contributed by atoms with Crippen LogP contribution in [0.25, 0.3) is 0 Å². The normalized spacial score (nSPS) is 10.3. The first-order valence-electron chi connectivity index (χ1n) is 8.21. The molecule has 0 spiro atoms. The number of nitrogens with one attached hydrogen (secondary N) is 2. The highest BCUT2D eigenvalue weighted by molar-refractivity contribution is 8.00. The molecule has 26 heavy (non-hydrogen) atoms. The van der Waals surface area contributed by atoms with Crippen LogP contribution in [0.4, 0.5) is 11.4 Å².